The summed E-state index contributed by atoms with van der Waals surface area (Å²) >= 11 is 10.8. The predicted molar refractivity (Wildman–Crippen MR) is 122 cm³/mol. The van der Waals surface area contributed by atoms with E-state index < -0.39 is 17.2 Å². The molecule has 6 nitrogen and oxygen atoms in total. The SMILES string of the molecule is CN(CC(=O)/C(N=O)=C(\O)CN(C)C(=S)c1ccccc1)C(=S)c1ccccc1. The molecule has 0 radical (unpaired) electrons. The average molecular weight is 428 g/mol. The maximum Gasteiger partial charge on any atom is 0.207 e. The molecule has 8 heteroatoms. The van der Waals surface area contributed by atoms with Crippen LogP contribution < -0.4 is 0 Å². The molecule has 0 saturated carbocycles. The van der Waals surface area contributed by atoms with E-state index in [4.69, 9.17) is 24.4 Å². The van der Waals surface area contributed by atoms with Gasteiger partial charge in [0.2, 0.25) is 5.78 Å². The molecule has 2 aromatic carbocycles. The summed E-state index contributed by atoms with van der Waals surface area (Å²) in [5, 5.41) is 13.1. The summed E-state index contributed by atoms with van der Waals surface area (Å²) < 4.78 is 0. The fraction of sp³-hybridized carbons (Fsp3) is 0.190. The lowest BCUT2D eigenvalue weighted by Gasteiger charge is -2.21. The van der Waals surface area contributed by atoms with Crippen molar-refractivity contribution >= 4 is 40.2 Å². The lowest BCUT2D eigenvalue weighted by Crippen LogP contribution is -2.33. The highest BCUT2D eigenvalue weighted by Crippen LogP contribution is 2.12. The normalized spacial score (nSPS) is 11.2. The number of nitroso groups, excluding NO2 is 1. The second-order valence-electron chi connectivity index (χ2n) is 6.36. The summed E-state index contributed by atoms with van der Waals surface area (Å²) in [6, 6.07) is 18.4. The lowest BCUT2D eigenvalue weighted by atomic mass is 10.2. The maximum absolute atomic E-state index is 12.5. The first-order chi connectivity index (χ1) is 13.8. The third-order valence-corrected chi connectivity index (χ3v) is 5.23. The number of rotatable bonds is 8. The van der Waals surface area contributed by atoms with Crippen LogP contribution in [-0.4, -0.2) is 57.9 Å². The van der Waals surface area contributed by atoms with Gasteiger partial charge in [0.15, 0.2) is 5.70 Å². The van der Waals surface area contributed by atoms with Crippen molar-refractivity contribution in [3.63, 3.8) is 0 Å². The molecule has 2 aromatic rings. The van der Waals surface area contributed by atoms with Crippen LogP contribution in [-0.2, 0) is 4.79 Å². The summed E-state index contributed by atoms with van der Waals surface area (Å²) in [5.74, 6) is -1.07. The molecule has 0 atom stereocenters. The van der Waals surface area contributed by atoms with E-state index >= 15 is 0 Å². The van der Waals surface area contributed by atoms with Crippen molar-refractivity contribution in [3.8, 4) is 0 Å². The minimum absolute atomic E-state index is 0.118. The first-order valence-electron chi connectivity index (χ1n) is 8.74. The third kappa shape index (κ3) is 6.00. The standard InChI is InChI=1S/C21H21N3O3S2/c1-23(20(28)15-9-5-3-6-10-15)13-17(25)19(22-27)18(26)14-24(2)21(29)16-11-7-4-8-12-16/h3-12,25H,13-14H2,1-2H3/b19-17+. The topological polar surface area (TPSA) is 73.2 Å². The number of hydrogen-bond acceptors (Lipinski definition) is 6. The van der Waals surface area contributed by atoms with Crippen LogP contribution in [0.25, 0.3) is 0 Å². The Kier molecular flexibility index (Phi) is 8.11. The largest absolute Gasteiger partial charge is 0.508 e. The van der Waals surface area contributed by atoms with E-state index in [-0.39, 0.29) is 13.1 Å². The zero-order valence-electron chi connectivity index (χ0n) is 16.1. The molecule has 0 unspecified atom stereocenters. The number of aliphatic hydroxyl groups excluding tert-OH is 1. The van der Waals surface area contributed by atoms with Crippen LogP contribution in [0.15, 0.2) is 77.3 Å². The Balaban J connectivity index is 2.08. The van der Waals surface area contributed by atoms with Crippen LogP contribution in [0.4, 0.5) is 0 Å². The Morgan fingerprint density at radius 1 is 0.862 bits per heavy atom. The summed E-state index contributed by atoms with van der Waals surface area (Å²) in [4.78, 5) is 27.8. The van der Waals surface area contributed by atoms with Gasteiger partial charge in [0, 0.05) is 25.2 Å². The summed E-state index contributed by atoms with van der Waals surface area (Å²) in [6.07, 6.45) is 0. The van der Waals surface area contributed by atoms with Crippen molar-refractivity contribution in [2.45, 2.75) is 0 Å². The maximum atomic E-state index is 12.5. The fourth-order valence-corrected chi connectivity index (χ4v) is 3.00. The smallest absolute Gasteiger partial charge is 0.207 e. The molecular weight excluding hydrogens is 406 g/mol. The molecule has 0 fully saturated rings. The summed E-state index contributed by atoms with van der Waals surface area (Å²) in [6.45, 7) is -0.306. The first-order valence-corrected chi connectivity index (χ1v) is 9.56. The molecule has 150 valence electrons. The Hall–Kier alpha value is -2.97. The molecule has 0 amide bonds. The molecule has 0 saturated heterocycles. The number of benzene rings is 2. The second-order valence-corrected chi connectivity index (χ2v) is 7.14. The van der Waals surface area contributed by atoms with Gasteiger partial charge in [0.1, 0.15) is 15.7 Å². The average Bonchev–Trinajstić information content (AvgIpc) is 2.74. The number of nitrogens with zero attached hydrogens (tertiary/aromatic N) is 3. The van der Waals surface area contributed by atoms with Gasteiger partial charge in [0.25, 0.3) is 0 Å². The van der Waals surface area contributed by atoms with E-state index in [2.05, 4.69) is 5.18 Å². The van der Waals surface area contributed by atoms with Gasteiger partial charge < -0.3 is 14.9 Å². The van der Waals surface area contributed by atoms with E-state index in [1.165, 1.54) is 4.90 Å². The van der Waals surface area contributed by atoms with Gasteiger partial charge in [-0.05, 0) is 5.18 Å². The van der Waals surface area contributed by atoms with Crippen LogP contribution in [0.2, 0.25) is 0 Å². The third-order valence-electron chi connectivity index (χ3n) is 4.13. The van der Waals surface area contributed by atoms with Gasteiger partial charge in [-0.15, -0.1) is 4.91 Å². The zero-order chi connectivity index (χ0) is 21.4. The predicted octanol–water partition coefficient (Wildman–Crippen LogP) is 3.71. The molecule has 0 aliphatic carbocycles. The molecule has 29 heavy (non-hydrogen) atoms. The molecule has 0 aliphatic heterocycles. The van der Waals surface area contributed by atoms with E-state index in [1.54, 1.807) is 19.0 Å². The minimum atomic E-state index is -0.627. The van der Waals surface area contributed by atoms with Gasteiger partial charge >= 0.3 is 0 Å². The molecule has 2 rings (SSSR count). The van der Waals surface area contributed by atoms with Crippen molar-refractivity contribution < 1.29 is 9.90 Å². The van der Waals surface area contributed by atoms with E-state index in [1.807, 2.05) is 60.7 Å². The van der Waals surface area contributed by atoms with Gasteiger partial charge in [-0.3, -0.25) is 4.79 Å². The molecular formula is C21H21N3O3S2. The Bertz CT molecular complexity index is 931. The number of aliphatic hydroxyl groups is 1. The first kappa shape index (κ1) is 22.3. The number of ketones is 1. The van der Waals surface area contributed by atoms with Crippen molar-refractivity contribution in [1.82, 2.24) is 9.80 Å². The molecule has 0 aliphatic rings. The van der Waals surface area contributed by atoms with Crippen molar-refractivity contribution in [1.29, 1.82) is 0 Å². The summed E-state index contributed by atoms with van der Waals surface area (Å²) in [7, 11) is 3.30. The molecule has 0 spiro atoms. The van der Waals surface area contributed by atoms with Crippen molar-refractivity contribution in [2.24, 2.45) is 5.18 Å². The van der Waals surface area contributed by atoms with E-state index in [0.29, 0.717) is 9.98 Å². The monoisotopic (exact) mass is 427 g/mol. The van der Waals surface area contributed by atoms with Crippen LogP contribution in [0, 0.1) is 4.91 Å². The highest BCUT2D eigenvalue weighted by atomic mass is 32.1. The molecule has 0 heterocycles. The number of Topliss-reactive ketones (excluding diaryl/α,β-unsaturated/α-hetero) is 1. The van der Waals surface area contributed by atoms with Crippen LogP contribution in [0.1, 0.15) is 11.1 Å². The zero-order valence-corrected chi connectivity index (χ0v) is 17.7. The number of hydrogen-bond donors (Lipinski definition) is 1. The highest BCUT2D eigenvalue weighted by Gasteiger charge is 2.21. The Morgan fingerprint density at radius 3 is 1.69 bits per heavy atom. The fourth-order valence-electron chi connectivity index (χ4n) is 2.60. The van der Waals surface area contributed by atoms with E-state index in [0.717, 1.165) is 11.1 Å². The number of carbonyl (C=O) groups excluding carboxylic acids is 1. The van der Waals surface area contributed by atoms with Gasteiger partial charge in [-0.2, -0.15) is 0 Å². The van der Waals surface area contributed by atoms with Gasteiger partial charge in [0.05, 0.1) is 13.1 Å². The second kappa shape index (κ2) is 10.5. The summed E-state index contributed by atoms with van der Waals surface area (Å²) in [5.41, 5.74) is 1.03. The minimum Gasteiger partial charge on any atom is -0.508 e. The number of carbonyl (C=O) groups is 1. The van der Waals surface area contributed by atoms with Crippen LogP contribution in [0.5, 0.6) is 0 Å². The van der Waals surface area contributed by atoms with Crippen molar-refractivity contribution in [3.05, 3.63) is 88.2 Å². The number of likely N-dealkylation sites (N-methyl/N-ethyl adjacent to an activating group) is 2. The van der Waals surface area contributed by atoms with Gasteiger partial charge in [-0.25, -0.2) is 0 Å². The number of thiocarbonyl (C=S) groups is 2. The quantitative estimate of drug-likeness (QED) is 0.298. The van der Waals surface area contributed by atoms with E-state index in [9.17, 15) is 14.8 Å². The molecule has 0 bridgehead atoms. The highest BCUT2D eigenvalue weighted by molar-refractivity contribution is 7.80. The van der Waals surface area contributed by atoms with Crippen LogP contribution >= 0.6 is 24.4 Å². The Morgan fingerprint density at radius 2 is 1.28 bits per heavy atom. The van der Waals surface area contributed by atoms with Crippen LogP contribution in [0.3, 0.4) is 0 Å². The van der Waals surface area contributed by atoms with Crippen molar-refractivity contribution in [2.75, 3.05) is 27.2 Å². The molecule has 1 N–H and O–H groups in total. The lowest BCUT2D eigenvalue weighted by molar-refractivity contribution is -0.115. The Labute approximate surface area is 180 Å². The molecule has 0 aromatic heterocycles. The van der Waals surface area contributed by atoms with Gasteiger partial charge in [-0.1, -0.05) is 85.1 Å².